The average molecular weight is 171 g/mol. The fourth-order valence-corrected chi connectivity index (χ4v) is 0.899. The molecule has 0 aliphatic heterocycles. The molecule has 0 aliphatic carbocycles. The average Bonchev–Trinajstić information content (AvgIpc) is 1.85. The van der Waals surface area contributed by atoms with Crippen molar-refractivity contribution in [1.82, 2.24) is 0 Å². The van der Waals surface area contributed by atoms with Gasteiger partial charge in [-0.2, -0.15) is 0 Å². The number of hydrogen-bond acceptors (Lipinski definition) is 3. The third-order valence-corrected chi connectivity index (χ3v) is 1.42. The highest BCUT2D eigenvalue weighted by Gasteiger charge is 2.02. The number of nitrogens with two attached hydrogens (primary N) is 2. The molecular weight excluding hydrogens is 164 g/mol. The van der Waals surface area contributed by atoms with Gasteiger partial charge >= 0.3 is 0 Å². The van der Waals surface area contributed by atoms with Crippen LogP contribution in [0.1, 0.15) is 10.4 Å². The van der Waals surface area contributed by atoms with Crippen LogP contribution in [0, 0.1) is 0 Å². The molecule has 0 bridgehead atoms. The molecule has 0 aromatic heterocycles. The molecule has 1 aromatic rings. The molecule has 0 unspecified atom stereocenters. The smallest absolute Gasteiger partial charge is 0.252 e. The van der Waals surface area contributed by atoms with Gasteiger partial charge in [0.1, 0.15) is 0 Å². The second-order valence-corrected chi connectivity index (χ2v) is 2.51. The predicted octanol–water partition coefficient (Wildman–Crippen LogP) is 1.23. The first kappa shape index (κ1) is 7.88. The molecule has 1 rings (SSSR count). The number of halogens is 1. The van der Waals surface area contributed by atoms with Crippen LogP contribution in [-0.4, -0.2) is 5.24 Å². The number of carbonyl (C=O) groups excluding carboxylic acids is 1. The van der Waals surface area contributed by atoms with Gasteiger partial charge in [0.15, 0.2) is 0 Å². The maximum absolute atomic E-state index is 10.6. The van der Waals surface area contributed by atoms with Crippen LogP contribution in [0.15, 0.2) is 18.2 Å². The molecule has 3 nitrogen and oxygen atoms in total. The normalized spacial score (nSPS) is 9.55. The number of carbonyl (C=O) groups is 1. The summed E-state index contributed by atoms with van der Waals surface area (Å²) in [4.78, 5) is 10.6. The van der Waals surface area contributed by atoms with Gasteiger partial charge in [-0.25, -0.2) is 0 Å². The summed E-state index contributed by atoms with van der Waals surface area (Å²) >= 11 is 5.20. The highest BCUT2D eigenvalue weighted by atomic mass is 35.5. The van der Waals surface area contributed by atoms with Crippen molar-refractivity contribution < 1.29 is 4.79 Å². The van der Waals surface area contributed by atoms with E-state index in [1.54, 1.807) is 6.07 Å². The Morgan fingerprint density at radius 3 is 2.00 bits per heavy atom. The van der Waals surface area contributed by atoms with Crippen LogP contribution in [0.3, 0.4) is 0 Å². The van der Waals surface area contributed by atoms with E-state index in [2.05, 4.69) is 0 Å². The molecular formula is C7H7ClN2O. The van der Waals surface area contributed by atoms with Crippen LogP contribution in [0.2, 0.25) is 0 Å². The van der Waals surface area contributed by atoms with Gasteiger partial charge in [0, 0.05) is 16.9 Å². The second kappa shape index (κ2) is 2.80. The lowest BCUT2D eigenvalue weighted by Crippen LogP contribution is -1.95. The third kappa shape index (κ3) is 1.85. The minimum atomic E-state index is -0.552. The van der Waals surface area contributed by atoms with Crippen molar-refractivity contribution >= 4 is 28.2 Å². The predicted molar refractivity (Wildman–Crippen MR) is 45.5 cm³/mol. The molecule has 4 heteroatoms. The zero-order chi connectivity index (χ0) is 8.43. The summed E-state index contributed by atoms with van der Waals surface area (Å²) in [7, 11) is 0. The number of hydrogen-bond donors (Lipinski definition) is 2. The lowest BCUT2D eigenvalue weighted by Gasteiger charge is -1.98. The van der Waals surface area contributed by atoms with Gasteiger partial charge in [0.25, 0.3) is 5.24 Å². The van der Waals surface area contributed by atoms with Crippen LogP contribution in [0.25, 0.3) is 0 Å². The number of anilines is 2. The summed E-state index contributed by atoms with van der Waals surface area (Å²) in [6.45, 7) is 0. The zero-order valence-electron chi connectivity index (χ0n) is 5.67. The molecule has 0 atom stereocenters. The monoisotopic (exact) mass is 170 g/mol. The van der Waals surface area contributed by atoms with Crippen LogP contribution < -0.4 is 11.5 Å². The van der Waals surface area contributed by atoms with Gasteiger partial charge in [0.2, 0.25) is 0 Å². The molecule has 0 spiro atoms. The Morgan fingerprint density at radius 1 is 1.18 bits per heavy atom. The van der Waals surface area contributed by atoms with Gasteiger partial charge in [-0.1, -0.05) is 0 Å². The Labute approximate surface area is 68.9 Å². The van der Waals surface area contributed by atoms with E-state index in [0.29, 0.717) is 16.9 Å². The fourth-order valence-electron chi connectivity index (χ4n) is 0.790. The molecule has 11 heavy (non-hydrogen) atoms. The Balaban J connectivity index is 3.19. The molecule has 0 radical (unpaired) electrons. The van der Waals surface area contributed by atoms with Crippen molar-refractivity contribution in [1.29, 1.82) is 0 Å². The molecule has 4 N–H and O–H groups in total. The third-order valence-electron chi connectivity index (χ3n) is 1.20. The van der Waals surface area contributed by atoms with Crippen molar-refractivity contribution in [3.8, 4) is 0 Å². The summed E-state index contributed by atoms with van der Waals surface area (Å²) in [6.07, 6.45) is 0. The molecule has 58 valence electrons. The zero-order valence-corrected chi connectivity index (χ0v) is 6.43. The first-order chi connectivity index (χ1) is 5.09. The molecule has 1 aromatic carbocycles. The first-order valence-electron chi connectivity index (χ1n) is 2.95. The summed E-state index contributed by atoms with van der Waals surface area (Å²) in [5.41, 5.74) is 12.0. The number of benzene rings is 1. The quantitative estimate of drug-likeness (QED) is 0.492. The van der Waals surface area contributed by atoms with Crippen molar-refractivity contribution in [2.75, 3.05) is 11.5 Å². The Morgan fingerprint density at radius 2 is 1.64 bits per heavy atom. The van der Waals surface area contributed by atoms with Crippen LogP contribution in [0.5, 0.6) is 0 Å². The van der Waals surface area contributed by atoms with Crippen LogP contribution >= 0.6 is 11.6 Å². The van der Waals surface area contributed by atoms with E-state index in [1.807, 2.05) is 0 Å². The molecule has 0 aliphatic rings. The lowest BCUT2D eigenvalue weighted by atomic mass is 10.2. The van der Waals surface area contributed by atoms with Gasteiger partial charge in [-0.05, 0) is 29.8 Å². The summed E-state index contributed by atoms with van der Waals surface area (Å²) in [5.74, 6) is 0. The highest BCUT2D eigenvalue weighted by molar-refractivity contribution is 6.67. The minimum absolute atomic E-state index is 0.323. The summed E-state index contributed by atoms with van der Waals surface area (Å²) in [5, 5.41) is -0.552. The molecule has 0 saturated heterocycles. The van der Waals surface area contributed by atoms with Gasteiger partial charge in [0.05, 0.1) is 0 Å². The van der Waals surface area contributed by atoms with E-state index < -0.39 is 5.24 Å². The SMILES string of the molecule is Nc1cc(N)cc(C(=O)Cl)c1. The summed E-state index contributed by atoms with van der Waals surface area (Å²) in [6, 6.07) is 4.51. The van der Waals surface area contributed by atoms with Crippen LogP contribution in [-0.2, 0) is 0 Å². The molecule has 0 amide bonds. The van der Waals surface area contributed by atoms with Crippen molar-refractivity contribution in [3.63, 3.8) is 0 Å². The van der Waals surface area contributed by atoms with E-state index in [-0.39, 0.29) is 0 Å². The van der Waals surface area contributed by atoms with Gasteiger partial charge in [-0.3, -0.25) is 4.79 Å². The first-order valence-corrected chi connectivity index (χ1v) is 3.33. The Hall–Kier alpha value is -1.22. The van der Waals surface area contributed by atoms with E-state index in [0.717, 1.165) is 0 Å². The van der Waals surface area contributed by atoms with E-state index >= 15 is 0 Å². The highest BCUT2D eigenvalue weighted by Crippen LogP contribution is 2.14. The van der Waals surface area contributed by atoms with E-state index in [9.17, 15) is 4.79 Å². The standard InChI is InChI=1S/C7H7ClN2O/c8-7(11)4-1-5(9)3-6(10)2-4/h1-3H,9-10H2. The molecule has 0 saturated carbocycles. The van der Waals surface area contributed by atoms with E-state index in [1.165, 1.54) is 12.1 Å². The Bertz CT molecular complexity index is 278. The molecule has 0 heterocycles. The van der Waals surface area contributed by atoms with E-state index in [4.69, 9.17) is 23.1 Å². The number of rotatable bonds is 1. The van der Waals surface area contributed by atoms with Crippen molar-refractivity contribution in [2.45, 2.75) is 0 Å². The van der Waals surface area contributed by atoms with Crippen molar-refractivity contribution in [2.24, 2.45) is 0 Å². The maximum Gasteiger partial charge on any atom is 0.252 e. The van der Waals surface area contributed by atoms with Crippen LogP contribution in [0.4, 0.5) is 11.4 Å². The minimum Gasteiger partial charge on any atom is -0.399 e. The second-order valence-electron chi connectivity index (χ2n) is 2.16. The number of nitrogen functional groups attached to an aromatic ring is 2. The van der Waals surface area contributed by atoms with Gasteiger partial charge in [-0.15, -0.1) is 0 Å². The van der Waals surface area contributed by atoms with Crippen molar-refractivity contribution in [3.05, 3.63) is 23.8 Å². The molecule has 0 fully saturated rings. The largest absolute Gasteiger partial charge is 0.399 e. The topological polar surface area (TPSA) is 69.1 Å². The fraction of sp³-hybridized carbons (Fsp3) is 0. The summed E-state index contributed by atoms with van der Waals surface area (Å²) < 4.78 is 0. The Kier molecular flexibility index (Phi) is 2.01. The maximum atomic E-state index is 10.6. The lowest BCUT2D eigenvalue weighted by molar-refractivity contribution is 0.108. The van der Waals surface area contributed by atoms with Gasteiger partial charge < -0.3 is 11.5 Å².